The van der Waals surface area contributed by atoms with Crippen LogP contribution in [0.3, 0.4) is 0 Å². The fourth-order valence-corrected chi connectivity index (χ4v) is 3.47. The highest BCUT2D eigenvalue weighted by Gasteiger charge is 2.27. The van der Waals surface area contributed by atoms with Gasteiger partial charge >= 0.3 is 6.03 Å². The summed E-state index contributed by atoms with van der Waals surface area (Å²) in [6.45, 7) is 1.25. The van der Waals surface area contributed by atoms with E-state index >= 15 is 0 Å². The summed E-state index contributed by atoms with van der Waals surface area (Å²) < 4.78 is 10.7. The van der Waals surface area contributed by atoms with Gasteiger partial charge in [-0.2, -0.15) is 4.98 Å². The molecular formula is C21H21ClN4O3. The van der Waals surface area contributed by atoms with Crippen molar-refractivity contribution in [2.75, 3.05) is 25.5 Å². The van der Waals surface area contributed by atoms with Crippen LogP contribution in [-0.2, 0) is 0 Å². The molecule has 7 nitrogen and oxygen atoms in total. The van der Waals surface area contributed by atoms with E-state index in [1.807, 2.05) is 24.3 Å². The molecule has 0 radical (unpaired) electrons. The Morgan fingerprint density at radius 2 is 1.97 bits per heavy atom. The zero-order chi connectivity index (χ0) is 20.2. The third-order valence-electron chi connectivity index (χ3n) is 5.00. The van der Waals surface area contributed by atoms with Crippen molar-refractivity contribution in [2.45, 2.75) is 18.8 Å². The zero-order valence-corrected chi connectivity index (χ0v) is 16.7. The number of nitrogens with zero attached hydrogens (tertiary/aromatic N) is 3. The van der Waals surface area contributed by atoms with E-state index in [9.17, 15) is 4.79 Å². The Kier molecular flexibility index (Phi) is 5.67. The SMILES string of the molecule is COc1cccc(-c2noc(C3CCN(C(=O)Nc4ccc(Cl)cc4)CC3)n2)c1. The molecule has 0 aliphatic carbocycles. The highest BCUT2D eigenvalue weighted by molar-refractivity contribution is 6.30. The number of likely N-dealkylation sites (tertiary alicyclic amines) is 1. The van der Waals surface area contributed by atoms with Crippen molar-refractivity contribution < 1.29 is 14.1 Å². The number of benzene rings is 2. The lowest BCUT2D eigenvalue weighted by Crippen LogP contribution is -2.40. The van der Waals surface area contributed by atoms with Gasteiger partial charge in [0.1, 0.15) is 5.75 Å². The number of carbonyl (C=O) groups excluding carboxylic acids is 1. The van der Waals surface area contributed by atoms with Crippen LogP contribution >= 0.6 is 11.6 Å². The van der Waals surface area contributed by atoms with Crippen LogP contribution in [0.2, 0.25) is 5.02 Å². The highest BCUT2D eigenvalue weighted by Crippen LogP contribution is 2.29. The molecule has 4 rings (SSSR count). The first-order chi connectivity index (χ1) is 14.1. The van der Waals surface area contributed by atoms with Crippen molar-refractivity contribution in [3.8, 4) is 17.1 Å². The summed E-state index contributed by atoms with van der Waals surface area (Å²) in [7, 11) is 1.62. The summed E-state index contributed by atoms with van der Waals surface area (Å²) in [5.41, 5.74) is 1.57. The molecular weight excluding hydrogens is 392 g/mol. The lowest BCUT2D eigenvalue weighted by Gasteiger charge is -2.30. The van der Waals surface area contributed by atoms with Crippen LogP contribution in [0.1, 0.15) is 24.7 Å². The molecule has 1 aliphatic heterocycles. The van der Waals surface area contributed by atoms with Crippen molar-refractivity contribution in [1.29, 1.82) is 0 Å². The van der Waals surface area contributed by atoms with E-state index < -0.39 is 0 Å². The molecule has 2 aromatic carbocycles. The number of carbonyl (C=O) groups is 1. The first-order valence-corrected chi connectivity index (χ1v) is 9.79. The van der Waals surface area contributed by atoms with Crippen molar-refractivity contribution in [3.05, 3.63) is 59.4 Å². The van der Waals surface area contributed by atoms with Crippen LogP contribution in [0.15, 0.2) is 53.1 Å². The third kappa shape index (κ3) is 4.51. The van der Waals surface area contributed by atoms with E-state index in [1.165, 1.54) is 0 Å². The van der Waals surface area contributed by atoms with E-state index in [1.54, 1.807) is 36.3 Å². The maximum atomic E-state index is 12.5. The number of hydrogen-bond acceptors (Lipinski definition) is 5. The van der Waals surface area contributed by atoms with Gasteiger partial charge in [0.05, 0.1) is 7.11 Å². The van der Waals surface area contributed by atoms with E-state index in [2.05, 4.69) is 15.5 Å². The summed E-state index contributed by atoms with van der Waals surface area (Å²) in [6, 6.07) is 14.5. The Balaban J connectivity index is 1.35. The first-order valence-electron chi connectivity index (χ1n) is 9.42. The van der Waals surface area contributed by atoms with Gasteiger partial charge in [-0.25, -0.2) is 4.79 Å². The number of methoxy groups -OCH3 is 1. The van der Waals surface area contributed by atoms with Gasteiger partial charge in [-0.05, 0) is 49.2 Å². The lowest BCUT2D eigenvalue weighted by atomic mass is 9.97. The second kappa shape index (κ2) is 8.53. The second-order valence-corrected chi connectivity index (χ2v) is 7.32. The van der Waals surface area contributed by atoms with E-state index in [4.69, 9.17) is 20.9 Å². The fraction of sp³-hybridized carbons (Fsp3) is 0.286. The van der Waals surface area contributed by atoms with Crippen LogP contribution in [0, 0.1) is 0 Å². The predicted molar refractivity (Wildman–Crippen MR) is 110 cm³/mol. The normalized spacial score (nSPS) is 14.6. The number of ether oxygens (including phenoxy) is 1. The molecule has 150 valence electrons. The molecule has 0 spiro atoms. The minimum absolute atomic E-state index is 0.117. The molecule has 1 N–H and O–H groups in total. The molecule has 1 fully saturated rings. The van der Waals surface area contributed by atoms with Gasteiger partial charge in [0, 0.05) is 35.3 Å². The molecule has 29 heavy (non-hydrogen) atoms. The fourth-order valence-electron chi connectivity index (χ4n) is 3.35. The summed E-state index contributed by atoms with van der Waals surface area (Å²) in [5.74, 6) is 2.04. The lowest BCUT2D eigenvalue weighted by molar-refractivity contribution is 0.187. The summed E-state index contributed by atoms with van der Waals surface area (Å²) in [5, 5.41) is 7.64. The number of rotatable bonds is 4. The minimum atomic E-state index is -0.117. The van der Waals surface area contributed by atoms with Crippen LogP contribution in [0.25, 0.3) is 11.4 Å². The predicted octanol–water partition coefficient (Wildman–Crippen LogP) is 4.81. The van der Waals surface area contributed by atoms with Gasteiger partial charge in [-0.1, -0.05) is 28.9 Å². The molecule has 0 unspecified atom stereocenters. The Hall–Kier alpha value is -3.06. The highest BCUT2D eigenvalue weighted by atomic mass is 35.5. The Bertz CT molecular complexity index is 982. The Morgan fingerprint density at radius 3 is 2.69 bits per heavy atom. The Labute approximate surface area is 173 Å². The molecule has 1 aliphatic rings. The Morgan fingerprint density at radius 1 is 1.21 bits per heavy atom. The summed E-state index contributed by atoms with van der Waals surface area (Å²) in [6.07, 6.45) is 1.54. The van der Waals surface area contributed by atoms with Crippen LogP contribution in [0.5, 0.6) is 5.75 Å². The van der Waals surface area contributed by atoms with E-state index in [-0.39, 0.29) is 11.9 Å². The molecule has 0 saturated carbocycles. The maximum absolute atomic E-state index is 12.5. The summed E-state index contributed by atoms with van der Waals surface area (Å²) in [4.78, 5) is 18.8. The first kappa shape index (κ1) is 19.3. The summed E-state index contributed by atoms with van der Waals surface area (Å²) >= 11 is 5.88. The van der Waals surface area contributed by atoms with Crippen molar-refractivity contribution in [1.82, 2.24) is 15.0 Å². The standard InChI is InChI=1S/C21H21ClN4O3/c1-28-18-4-2-3-15(13-18)19-24-20(29-25-19)14-9-11-26(12-10-14)21(27)23-17-7-5-16(22)6-8-17/h2-8,13-14H,9-12H2,1H3,(H,23,27). The molecule has 2 heterocycles. The van der Waals surface area contributed by atoms with E-state index in [0.717, 1.165) is 29.8 Å². The monoisotopic (exact) mass is 412 g/mol. The molecule has 1 saturated heterocycles. The molecule has 0 atom stereocenters. The molecule has 3 aromatic rings. The molecule has 8 heteroatoms. The van der Waals surface area contributed by atoms with Gasteiger partial charge in [0.2, 0.25) is 11.7 Å². The van der Waals surface area contributed by atoms with Gasteiger partial charge < -0.3 is 19.5 Å². The van der Waals surface area contributed by atoms with Gasteiger partial charge in [0.25, 0.3) is 0 Å². The van der Waals surface area contributed by atoms with Crippen LogP contribution in [-0.4, -0.2) is 41.3 Å². The largest absolute Gasteiger partial charge is 0.497 e. The average molecular weight is 413 g/mol. The third-order valence-corrected chi connectivity index (χ3v) is 5.25. The van der Waals surface area contributed by atoms with Gasteiger partial charge in [0.15, 0.2) is 0 Å². The number of hydrogen-bond donors (Lipinski definition) is 1. The average Bonchev–Trinajstić information content (AvgIpc) is 3.26. The number of aromatic nitrogens is 2. The number of amides is 2. The van der Waals surface area contributed by atoms with Gasteiger partial charge in [-0.3, -0.25) is 0 Å². The second-order valence-electron chi connectivity index (χ2n) is 6.89. The molecule has 1 aromatic heterocycles. The number of anilines is 1. The van der Waals surface area contributed by atoms with Crippen LogP contribution < -0.4 is 10.1 Å². The van der Waals surface area contributed by atoms with Crippen LogP contribution in [0.4, 0.5) is 10.5 Å². The van der Waals surface area contributed by atoms with Crippen molar-refractivity contribution in [2.24, 2.45) is 0 Å². The maximum Gasteiger partial charge on any atom is 0.321 e. The number of piperidine rings is 1. The topological polar surface area (TPSA) is 80.5 Å². The van der Waals surface area contributed by atoms with E-state index in [0.29, 0.717) is 29.8 Å². The zero-order valence-electron chi connectivity index (χ0n) is 16.0. The number of halogens is 1. The number of nitrogens with one attached hydrogen (secondary N) is 1. The quantitative estimate of drug-likeness (QED) is 0.665. The molecule has 0 bridgehead atoms. The van der Waals surface area contributed by atoms with Gasteiger partial charge in [-0.15, -0.1) is 0 Å². The minimum Gasteiger partial charge on any atom is -0.497 e. The van der Waals surface area contributed by atoms with Crippen molar-refractivity contribution >= 4 is 23.3 Å². The molecule has 2 amide bonds. The van der Waals surface area contributed by atoms with Crippen molar-refractivity contribution in [3.63, 3.8) is 0 Å². The smallest absolute Gasteiger partial charge is 0.321 e. The number of urea groups is 1.